The molecule has 0 aliphatic carbocycles. The lowest BCUT2D eigenvalue weighted by Gasteiger charge is -2.22. The average Bonchev–Trinajstić information content (AvgIpc) is 3.12. The molecule has 1 atom stereocenters. The lowest BCUT2D eigenvalue weighted by molar-refractivity contribution is 0.208. The molecular formula is C15H22N4O. The van der Waals surface area contributed by atoms with Gasteiger partial charge in [0, 0.05) is 31.5 Å². The van der Waals surface area contributed by atoms with Crippen molar-refractivity contribution < 1.29 is 4.52 Å². The highest BCUT2D eigenvalue weighted by molar-refractivity contribution is 5.09. The molecular weight excluding hydrogens is 252 g/mol. The zero-order valence-corrected chi connectivity index (χ0v) is 12.2. The molecule has 1 saturated heterocycles. The van der Waals surface area contributed by atoms with Crippen LogP contribution in [0.2, 0.25) is 0 Å². The van der Waals surface area contributed by atoms with Crippen molar-refractivity contribution in [1.82, 2.24) is 19.6 Å². The summed E-state index contributed by atoms with van der Waals surface area (Å²) in [6.07, 6.45) is 7.48. The molecule has 5 heteroatoms. The highest BCUT2D eigenvalue weighted by Crippen LogP contribution is 2.32. The Morgan fingerprint density at radius 1 is 1.35 bits per heavy atom. The van der Waals surface area contributed by atoms with Gasteiger partial charge in [-0.1, -0.05) is 5.16 Å². The molecule has 0 spiro atoms. The van der Waals surface area contributed by atoms with Crippen molar-refractivity contribution >= 4 is 0 Å². The molecule has 1 aliphatic rings. The number of hydrogen-bond donors (Lipinski definition) is 0. The van der Waals surface area contributed by atoms with Gasteiger partial charge in [-0.15, -0.1) is 0 Å². The van der Waals surface area contributed by atoms with Gasteiger partial charge in [0.2, 0.25) is 0 Å². The first-order chi connectivity index (χ1) is 9.74. The van der Waals surface area contributed by atoms with E-state index in [4.69, 9.17) is 4.52 Å². The maximum absolute atomic E-state index is 5.44. The molecule has 0 unspecified atom stereocenters. The number of aromatic nitrogens is 3. The van der Waals surface area contributed by atoms with E-state index in [9.17, 15) is 0 Å². The van der Waals surface area contributed by atoms with Crippen LogP contribution in [0.15, 0.2) is 23.0 Å². The summed E-state index contributed by atoms with van der Waals surface area (Å²) in [6.45, 7) is 7.32. The number of nitrogens with zero attached hydrogens (tertiary/aromatic N) is 4. The first-order valence-electron chi connectivity index (χ1n) is 7.39. The summed E-state index contributed by atoms with van der Waals surface area (Å²) in [5, 5.41) is 4.01. The van der Waals surface area contributed by atoms with Gasteiger partial charge in [0.25, 0.3) is 0 Å². The monoisotopic (exact) mass is 274 g/mol. The minimum Gasteiger partial charge on any atom is -0.359 e. The number of aryl methyl sites for hydroxylation is 3. The Morgan fingerprint density at radius 3 is 2.95 bits per heavy atom. The third-order valence-corrected chi connectivity index (χ3v) is 4.11. The molecule has 0 saturated carbocycles. The molecule has 3 rings (SSSR count). The summed E-state index contributed by atoms with van der Waals surface area (Å²) in [5.41, 5.74) is 0.973. The number of imidazole rings is 1. The van der Waals surface area contributed by atoms with Crippen LogP contribution in [-0.2, 0) is 6.54 Å². The van der Waals surface area contributed by atoms with Gasteiger partial charge in [-0.2, -0.15) is 0 Å². The minimum absolute atomic E-state index is 0.417. The Bertz CT molecular complexity index is 560. The number of likely N-dealkylation sites (tertiary alicyclic amines) is 1. The Kier molecular flexibility index (Phi) is 3.87. The van der Waals surface area contributed by atoms with Crippen molar-refractivity contribution in [3.63, 3.8) is 0 Å². The Balaban J connectivity index is 1.55. The molecule has 0 bridgehead atoms. The van der Waals surface area contributed by atoms with E-state index in [2.05, 4.69) is 38.8 Å². The fourth-order valence-corrected chi connectivity index (χ4v) is 3.04. The second kappa shape index (κ2) is 5.79. The summed E-state index contributed by atoms with van der Waals surface area (Å²) < 4.78 is 7.65. The summed E-state index contributed by atoms with van der Waals surface area (Å²) in [6, 6.07) is 2.49. The van der Waals surface area contributed by atoms with Crippen LogP contribution in [0.3, 0.4) is 0 Å². The molecule has 2 aromatic heterocycles. The van der Waals surface area contributed by atoms with Gasteiger partial charge >= 0.3 is 0 Å². The molecule has 0 aromatic carbocycles. The van der Waals surface area contributed by atoms with Crippen molar-refractivity contribution in [3.8, 4) is 0 Å². The van der Waals surface area contributed by atoms with Crippen molar-refractivity contribution in [3.05, 3.63) is 35.7 Å². The van der Waals surface area contributed by atoms with E-state index in [1.165, 1.54) is 12.8 Å². The van der Waals surface area contributed by atoms with Crippen LogP contribution in [0, 0.1) is 13.8 Å². The molecule has 1 aliphatic heterocycles. The quantitative estimate of drug-likeness (QED) is 0.841. The maximum Gasteiger partial charge on any atom is 0.154 e. The average molecular weight is 274 g/mol. The topological polar surface area (TPSA) is 47.1 Å². The van der Waals surface area contributed by atoms with E-state index in [-0.39, 0.29) is 0 Å². The van der Waals surface area contributed by atoms with Gasteiger partial charge in [0.15, 0.2) is 5.76 Å². The largest absolute Gasteiger partial charge is 0.359 e. The van der Waals surface area contributed by atoms with E-state index in [0.717, 1.165) is 43.3 Å². The molecule has 2 aromatic rings. The van der Waals surface area contributed by atoms with Crippen LogP contribution in [0.5, 0.6) is 0 Å². The minimum atomic E-state index is 0.417. The van der Waals surface area contributed by atoms with E-state index < -0.39 is 0 Å². The van der Waals surface area contributed by atoms with Crippen LogP contribution in [-0.4, -0.2) is 32.7 Å². The molecule has 108 valence electrons. The van der Waals surface area contributed by atoms with E-state index in [1.54, 1.807) is 0 Å². The fourth-order valence-electron chi connectivity index (χ4n) is 3.04. The number of hydrogen-bond acceptors (Lipinski definition) is 4. The zero-order chi connectivity index (χ0) is 13.9. The van der Waals surface area contributed by atoms with Crippen molar-refractivity contribution in [2.75, 3.05) is 13.1 Å². The van der Waals surface area contributed by atoms with Crippen LogP contribution in [0.25, 0.3) is 0 Å². The van der Waals surface area contributed by atoms with Gasteiger partial charge in [-0.05, 0) is 39.7 Å². The van der Waals surface area contributed by atoms with Crippen LogP contribution in [0.1, 0.15) is 42.6 Å². The predicted molar refractivity (Wildman–Crippen MR) is 76.4 cm³/mol. The number of rotatable bonds is 5. The van der Waals surface area contributed by atoms with Gasteiger partial charge in [0.1, 0.15) is 5.82 Å². The highest BCUT2D eigenvalue weighted by Gasteiger charge is 2.28. The molecule has 20 heavy (non-hydrogen) atoms. The third-order valence-electron chi connectivity index (χ3n) is 4.11. The highest BCUT2D eigenvalue weighted by atomic mass is 16.5. The zero-order valence-electron chi connectivity index (χ0n) is 12.2. The second-order valence-electron chi connectivity index (χ2n) is 5.59. The van der Waals surface area contributed by atoms with Crippen LogP contribution in [0.4, 0.5) is 0 Å². The van der Waals surface area contributed by atoms with Gasteiger partial charge in [-0.3, -0.25) is 4.90 Å². The fraction of sp³-hybridized carbons (Fsp3) is 0.600. The normalized spacial score (nSPS) is 19.8. The summed E-state index contributed by atoms with van der Waals surface area (Å²) in [7, 11) is 0. The Labute approximate surface area is 119 Å². The van der Waals surface area contributed by atoms with E-state index in [0.29, 0.717) is 6.04 Å². The van der Waals surface area contributed by atoms with E-state index >= 15 is 0 Å². The molecule has 3 heterocycles. The molecule has 0 N–H and O–H groups in total. The lowest BCUT2D eigenvalue weighted by atomic mass is 10.1. The molecule has 0 radical (unpaired) electrons. The Hall–Kier alpha value is -1.62. The standard InChI is InChI=1S/C15H22N4O/c1-12-11-15(20-17-12)14-5-3-7-19(14)9-4-8-18-10-6-16-13(18)2/h6,10-11,14H,3-5,7-9H2,1-2H3/t14-/m1/s1. The summed E-state index contributed by atoms with van der Waals surface area (Å²) in [5.74, 6) is 2.12. The van der Waals surface area contributed by atoms with Crippen molar-refractivity contribution in [2.45, 2.75) is 45.7 Å². The molecule has 0 amide bonds. The molecule has 1 fully saturated rings. The van der Waals surface area contributed by atoms with Crippen LogP contribution >= 0.6 is 0 Å². The van der Waals surface area contributed by atoms with Crippen molar-refractivity contribution in [2.24, 2.45) is 0 Å². The second-order valence-corrected chi connectivity index (χ2v) is 5.59. The third kappa shape index (κ3) is 2.77. The summed E-state index contributed by atoms with van der Waals surface area (Å²) in [4.78, 5) is 6.78. The van der Waals surface area contributed by atoms with Gasteiger partial charge in [-0.25, -0.2) is 4.98 Å². The predicted octanol–water partition coefficient (Wildman–Crippen LogP) is 2.72. The lowest BCUT2D eigenvalue weighted by Crippen LogP contribution is -2.25. The Morgan fingerprint density at radius 2 is 2.25 bits per heavy atom. The SMILES string of the molecule is Cc1cc([C@H]2CCCN2CCCn2ccnc2C)on1. The first kappa shape index (κ1) is 13.4. The van der Waals surface area contributed by atoms with Gasteiger partial charge in [0.05, 0.1) is 11.7 Å². The van der Waals surface area contributed by atoms with Crippen molar-refractivity contribution in [1.29, 1.82) is 0 Å². The maximum atomic E-state index is 5.44. The smallest absolute Gasteiger partial charge is 0.154 e. The van der Waals surface area contributed by atoms with Gasteiger partial charge < -0.3 is 9.09 Å². The van der Waals surface area contributed by atoms with E-state index in [1.807, 2.05) is 13.1 Å². The summed E-state index contributed by atoms with van der Waals surface area (Å²) >= 11 is 0. The first-order valence-corrected chi connectivity index (χ1v) is 7.39. The van der Waals surface area contributed by atoms with Crippen LogP contribution < -0.4 is 0 Å². The molecule has 5 nitrogen and oxygen atoms in total.